The minimum absolute atomic E-state index is 0.543. The Labute approximate surface area is 136 Å². The topological polar surface area (TPSA) is 61.8 Å². The van der Waals surface area contributed by atoms with E-state index < -0.39 is 0 Å². The first-order chi connectivity index (χ1) is 11.3. The van der Waals surface area contributed by atoms with E-state index in [9.17, 15) is 0 Å². The molecule has 0 spiro atoms. The first kappa shape index (κ1) is 16.9. The monoisotopic (exact) mass is 318 g/mol. The molecule has 1 aromatic carbocycles. The third-order valence-corrected chi connectivity index (χ3v) is 3.22. The maximum Gasteiger partial charge on any atom is 0.213 e. The summed E-state index contributed by atoms with van der Waals surface area (Å²) in [4.78, 5) is 4.10. The lowest BCUT2D eigenvalue weighted by Gasteiger charge is -2.14. The zero-order chi connectivity index (χ0) is 16.5. The molecule has 0 atom stereocenters. The highest BCUT2D eigenvalue weighted by Crippen LogP contribution is 2.38. The van der Waals surface area contributed by atoms with Crippen LogP contribution in [-0.4, -0.2) is 39.5 Å². The van der Waals surface area contributed by atoms with Gasteiger partial charge in [0.2, 0.25) is 11.6 Å². The van der Waals surface area contributed by atoms with Gasteiger partial charge in [-0.05, 0) is 23.8 Å². The lowest BCUT2D eigenvalue weighted by molar-refractivity contribution is 0.301. The van der Waals surface area contributed by atoms with Gasteiger partial charge in [0.05, 0.1) is 21.3 Å². The molecule has 23 heavy (non-hydrogen) atoms. The van der Waals surface area contributed by atoms with E-state index in [1.54, 1.807) is 27.5 Å². The van der Waals surface area contributed by atoms with Gasteiger partial charge in [0.1, 0.15) is 6.61 Å². The van der Waals surface area contributed by atoms with E-state index in [-0.39, 0.29) is 0 Å². The van der Waals surface area contributed by atoms with Gasteiger partial charge < -0.3 is 24.3 Å². The van der Waals surface area contributed by atoms with E-state index in [1.165, 1.54) is 0 Å². The molecule has 0 aliphatic heterocycles. The van der Waals surface area contributed by atoms with E-state index in [0.29, 0.717) is 42.8 Å². The van der Waals surface area contributed by atoms with E-state index in [0.717, 1.165) is 5.56 Å². The lowest BCUT2D eigenvalue weighted by atomic mass is 10.2. The van der Waals surface area contributed by atoms with Gasteiger partial charge in [0.15, 0.2) is 11.5 Å². The molecule has 6 nitrogen and oxygen atoms in total. The highest BCUT2D eigenvalue weighted by molar-refractivity contribution is 5.53. The van der Waals surface area contributed by atoms with E-state index in [4.69, 9.17) is 18.9 Å². The van der Waals surface area contributed by atoms with Crippen molar-refractivity contribution in [2.75, 3.05) is 34.5 Å². The number of methoxy groups -OCH3 is 3. The Kier molecular flexibility index (Phi) is 6.50. The largest absolute Gasteiger partial charge is 0.493 e. The molecule has 1 heterocycles. The summed E-state index contributed by atoms with van der Waals surface area (Å²) in [6.45, 7) is 1.91. The van der Waals surface area contributed by atoms with Crippen LogP contribution in [0.15, 0.2) is 36.5 Å². The molecule has 0 aliphatic rings. The fourth-order valence-corrected chi connectivity index (χ4v) is 2.13. The number of rotatable bonds is 9. The van der Waals surface area contributed by atoms with Gasteiger partial charge in [-0.3, -0.25) is 0 Å². The Morgan fingerprint density at radius 2 is 1.74 bits per heavy atom. The van der Waals surface area contributed by atoms with Gasteiger partial charge in [0.25, 0.3) is 0 Å². The first-order valence-electron chi connectivity index (χ1n) is 7.32. The predicted octanol–water partition coefficient (Wildman–Crippen LogP) is 2.28. The van der Waals surface area contributed by atoms with Crippen LogP contribution in [0.1, 0.15) is 5.56 Å². The molecule has 0 aliphatic carbocycles. The van der Waals surface area contributed by atoms with Crippen molar-refractivity contribution in [2.45, 2.75) is 6.54 Å². The maximum atomic E-state index is 5.53. The van der Waals surface area contributed by atoms with Crippen LogP contribution in [0, 0.1) is 0 Å². The Morgan fingerprint density at radius 1 is 1.00 bits per heavy atom. The third kappa shape index (κ3) is 4.75. The molecule has 0 saturated carbocycles. The molecule has 6 heteroatoms. The van der Waals surface area contributed by atoms with Crippen molar-refractivity contribution in [2.24, 2.45) is 0 Å². The predicted molar refractivity (Wildman–Crippen MR) is 87.5 cm³/mol. The third-order valence-electron chi connectivity index (χ3n) is 3.22. The molecular weight excluding hydrogens is 296 g/mol. The van der Waals surface area contributed by atoms with Crippen LogP contribution in [0.25, 0.3) is 0 Å². The summed E-state index contributed by atoms with van der Waals surface area (Å²) in [5.41, 5.74) is 1.04. The molecule has 0 fully saturated rings. The highest BCUT2D eigenvalue weighted by atomic mass is 16.5. The van der Waals surface area contributed by atoms with Crippen LogP contribution in [-0.2, 0) is 6.54 Å². The number of ether oxygens (including phenoxy) is 4. The Morgan fingerprint density at radius 3 is 2.30 bits per heavy atom. The van der Waals surface area contributed by atoms with Crippen molar-refractivity contribution >= 4 is 0 Å². The van der Waals surface area contributed by atoms with Crippen molar-refractivity contribution in [3.8, 4) is 23.1 Å². The number of hydrogen-bond acceptors (Lipinski definition) is 6. The van der Waals surface area contributed by atoms with Crippen molar-refractivity contribution in [1.82, 2.24) is 10.3 Å². The van der Waals surface area contributed by atoms with Crippen LogP contribution >= 0.6 is 0 Å². The van der Waals surface area contributed by atoms with Crippen LogP contribution in [0.5, 0.6) is 23.1 Å². The SMILES string of the molecule is COc1cc(CNCCOc2ccccn2)cc(OC)c1OC. The summed E-state index contributed by atoms with van der Waals surface area (Å²) in [6, 6.07) is 9.43. The molecule has 124 valence electrons. The van der Waals surface area contributed by atoms with Crippen molar-refractivity contribution < 1.29 is 18.9 Å². The number of benzene rings is 1. The minimum Gasteiger partial charge on any atom is -0.493 e. The molecule has 0 amide bonds. The molecule has 1 aromatic heterocycles. The summed E-state index contributed by atoms with van der Waals surface area (Å²) in [6.07, 6.45) is 1.71. The average Bonchev–Trinajstić information content (AvgIpc) is 2.61. The van der Waals surface area contributed by atoms with E-state index in [1.807, 2.05) is 30.3 Å². The number of hydrogen-bond donors (Lipinski definition) is 1. The van der Waals surface area contributed by atoms with Crippen LogP contribution in [0.2, 0.25) is 0 Å². The number of nitrogens with zero attached hydrogens (tertiary/aromatic N) is 1. The van der Waals surface area contributed by atoms with E-state index in [2.05, 4.69) is 10.3 Å². The fraction of sp³-hybridized carbons (Fsp3) is 0.353. The van der Waals surface area contributed by atoms with E-state index >= 15 is 0 Å². The van der Waals surface area contributed by atoms with Crippen LogP contribution < -0.4 is 24.3 Å². The Bertz CT molecular complexity index is 580. The quantitative estimate of drug-likeness (QED) is 0.716. The molecule has 1 N–H and O–H groups in total. The van der Waals surface area contributed by atoms with Crippen molar-refractivity contribution in [3.63, 3.8) is 0 Å². The standard InChI is InChI=1S/C17H22N2O4/c1-20-14-10-13(11-15(21-2)17(14)22-3)12-18-8-9-23-16-6-4-5-7-19-16/h4-7,10-11,18H,8-9,12H2,1-3H3. The van der Waals surface area contributed by atoms with Crippen molar-refractivity contribution in [1.29, 1.82) is 0 Å². The van der Waals surface area contributed by atoms with Crippen LogP contribution in [0.4, 0.5) is 0 Å². The second-order valence-electron chi connectivity index (χ2n) is 4.73. The molecule has 2 aromatic rings. The Balaban J connectivity index is 1.85. The summed E-state index contributed by atoms with van der Waals surface area (Å²) in [5, 5.41) is 3.31. The highest BCUT2D eigenvalue weighted by Gasteiger charge is 2.12. The fourth-order valence-electron chi connectivity index (χ4n) is 2.13. The number of pyridine rings is 1. The normalized spacial score (nSPS) is 10.2. The van der Waals surface area contributed by atoms with Gasteiger partial charge in [-0.2, -0.15) is 0 Å². The number of aromatic nitrogens is 1. The minimum atomic E-state index is 0.543. The zero-order valence-corrected chi connectivity index (χ0v) is 13.7. The molecular formula is C17H22N2O4. The zero-order valence-electron chi connectivity index (χ0n) is 13.7. The van der Waals surface area contributed by atoms with Gasteiger partial charge in [-0.15, -0.1) is 0 Å². The smallest absolute Gasteiger partial charge is 0.213 e. The Hall–Kier alpha value is -2.47. The molecule has 0 bridgehead atoms. The summed E-state index contributed by atoms with van der Waals surface area (Å²) >= 11 is 0. The maximum absolute atomic E-state index is 5.53. The lowest BCUT2D eigenvalue weighted by Crippen LogP contribution is -2.20. The van der Waals surface area contributed by atoms with Gasteiger partial charge >= 0.3 is 0 Å². The average molecular weight is 318 g/mol. The summed E-state index contributed by atoms with van der Waals surface area (Å²) in [7, 11) is 4.80. The molecule has 0 radical (unpaired) electrons. The molecule has 2 rings (SSSR count). The van der Waals surface area contributed by atoms with Crippen molar-refractivity contribution in [3.05, 3.63) is 42.1 Å². The number of nitrogens with one attached hydrogen (secondary N) is 1. The molecule has 0 unspecified atom stereocenters. The summed E-state index contributed by atoms with van der Waals surface area (Å²) < 4.78 is 21.5. The van der Waals surface area contributed by atoms with Gasteiger partial charge in [-0.25, -0.2) is 4.98 Å². The van der Waals surface area contributed by atoms with Crippen LogP contribution in [0.3, 0.4) is 0 Å². The first-order valence-corrected chi connectivity index (χ1v) is 7.32. The summed E-state index contributed by atoms with van der Waals surface area (Å²) in [5.74, 6) is 2.51. The second kappa shape index (κ2) is 8.85. The second-order valence-corrected chi connectivity index (χ2v) is 4.73. The molecule has 0 saturated heterocycles. The van der Waals surface area contributed by atoms with Gasteiger partial charge in [0, 0.05) is 25.4 Å². The van der Waals surface area contributed by atoms with Gasteiger partial charge in [-0.1, -0.05) is 6.07 Å².